The van der Waals surface area contributed by atoms with Crippen LogP contribution in [0.3, 0.4) is 0 Å². The molecule has 0 radical (unpaired) electrons. The molecule has 3 rings (SSSR count). The predicted octanol–water partition coefficient (Wildman–Crippen LogP) is 2.20. The van der Waals surface area contributed by atoms with Crippen LogP contribution < -0.4 is 5.56 Å². The second kappa shape index (κ2) is 7.61. The van der Waals surface area contributed by atoms with Crippen molar-refractivity contribution in [2.45, 2.75) is 32.5 Å². The molecule has 0 saturated heterocycles. The molecule has 136 valence electrons. The highest BCUT2D eigenvalue weighted by Gasteiger charge is 2.26. The maximum atomic E-state index is 12.8. The van der Waals surface area contributed by atoms with E-state index in [1.165, 1.54) is 16.3 Å². The van der Waals surface area contributed by atoms with Crippen molar-refractivity contribution >= 4 is 18.1 Å². The second-order valence-electron chi connectivity index (χ2n) is 6.63. The van der Waals surface area contributed by atoms with Crippen LogP contribution in [0.2, 0.25) is 0 Å². The van der Waals surface area contributed by atoms with Gasteiger partial charge in [0.1, 0.15) is 5.56 Å². The van der Waals surface area contributed by atoms with Gasteiger partial charge in [0.2, 0.25) is 5.95 Å². The number of likely N-dealkylation sites (N-methyl/N-ethyl adjacent to an activating group) is 1. The van der Waals surface area contributed by atoms with Crippen molar-refractivity contribution in [2.75, 3.05) is 13.6 Å². The van der Waals surface area contributed by atoms with E-state index in [2.05, 4.69) is 27.0 Å². The van der Waals surface area contributed by atoms with Crippen LogP contribution >= 0.6 is 0 Å². The Kier molecular flexibility index (Phi) is 5.27. The summed E-state index contributed by atoms with van der Waals surface area (Å²) in [5.41, 5.74) is 0.699. The van der Waals surface area contributed by atoms with Crippen LogP contribution in [0.1, 0.15) is 35.8 Å². The first-order valence-corrected chi connectivity index (χ1v) is 8.55. The zero-order chi connectivity index (χ0) is 18.7. The van der Waals surface area contributed by atoms with E-state index in [4.69, 9.17) is 4.74 Å². The molecule has 1 atom stereocenters. The molecule has 1 aromatic carbocycles. The minimum absolute atomic E-state index is 0.0661. The number of rotatable bonds is 6. The Morgan fingerprint density at radius 3 is 2.73 bits per heavy atom. The summed E-state index contributed by atoms with van der Waals surface area (Å²) < 4.78 is 6.59. The number of benzene rings is 1. The fourth-order valence-electron chi connectivity index (χ4n) is 2.90. The molecule has 0 fully saturated rings. The van der Waals surface area contributed by atoms with E-state index in [9.17, 15) is 9.59 Å². The van der Waals surface area contributed by atoms with Gasteiger partial charge in [0, 0.05) is 19.3 Å². The third-order valence-electron chi connectivity index (χ3n) is 4.02. The SMILES string of the molecule is CC(C)OC(=O)c1cnc2n(c1=O)C(CN(C)Cc1ccccc1)C=N2. The topological polar surface area (TPSA) is 76.8 Å². The van der Waals surface area contributed by atoms with E-state index < -0.39 is 11.5 Å². The van der Waals surface area contributed by atoms with E-state index in [-0.39, 0.29) is 17.7 Å². The molecule has 7 nitrogen and oxygen atoms in total. The molecule has 1 aromatic heterocycles. The lowest BCUT2D eigenvalue weighted by Crippen LogP contribution is -2.35. The van der Waals surface area contributed by atoms with Gasteiger partial charge in [-0.2, -0.15) is 0 Å². The number of aliphatic imine (C=N–C) groups is 1. The molecule has 7 heteroatoms. The molecule has 2 aromatic rings. The third-order valence-corrected chi connectivity index (χ3v) is 4.02. The molecule has 0 spiro atoms. The number of fused-ring (bicyclic) bond motifs is 1. The summed E-state index contributed by atoms with van der Waals surface area (Å²) in [6.45, 7) is 4.80. The van der Waals surface area contributed by atoms with Crippen LogP contribution in [-0.2, 0) is 11.3 Å². The van der Waals surface area contributed by atoms with Gasteiger partial charge >= 0.3 is 5.97 Å². The maximum absolute atomic E-state index is 12.8. The fourth-order valence-corrected chi connectivity index (χ4v) is 2.90. The molecule has 1 aliphatic heterocycles. The largest absolute Gasteiger partial charge is 0.459 e. The summed E-state index contributed by atoms with van der Waals surface area (Å²) in [4.78, 5) is 35.3. The first-order valence-electron chi connectivity index (χ1n) is 8.55. The van der Waals surface area contributed by atoms with Gasteiger partial charge in [-0.25, -0.2) is 14.8 Å². The Morgan fingerprint density at radius 2 is 2.04 bits per heavy atom. The molecule has 0 aliphatic carbocycles. The highest BCUT2D eigenvalue weighted by Crippen LogP contribution is 2.20. The van der Waals surface area contributed by atoms with Gasteiger partial charge in [-0.05, 0) is 26.5 Å². The van der Waals surface area contributed by atoms with Gasteiger partial charge in [-0.1, -0.05) is 30.3 Å². The number of aromatic nitrogens is 2. The molecule has 0 N–H and O–H groups in total. The van der Waals surface area contributed by atoms with Gasteiger partial charge in [0.05, 0.1) is 18.3 Å². The van der Waals surface area contributed by atoms with Gasteiger partial charge in [0.25, 0.3) is 5.56 Å². The first kappa shape index (κ1) is 18.0. The Labute approximate surface area is 152 Å². The lowest BCUT2D eigenvalue weighted by Gasteiger charge is -2.21. The van der Waals surface area contributed by atoms with Gasteiger partial charge < -0.3 is 4.74 Å². The average Bonchev–Trinajstić information content (AvgIpc) is 2.99. The number of ether oxygens (including phenoxy) is 1. The van der Waals surface area contributed by atoms with Crippen LogP contribution in [-0.4, -0.2) is 46.3 Å². The molecular weight excluding hydrogens is 332 g/mol. The van der Waals surface area contributed by atoms with Crippen molar-refractivity contribution < 1.29 is 9.53 Å². The smallest absolute Gasteiger partial charge is 0.345 e. The highest BCUT2D eigenvalue weighted by molar-refractivity contribution is 5.89. The molecule has 26 heavy (non-hydrogen) atoms. The van der Waals surface area contributed by atoms with Crippen molar-refractivity contribution in [3.8, 4) is 0 Å². The second-order valence-corrected chi connectivity index (χ2v) is 6.63. The number of hydrogen-bond donors (Lipinski definition) is 0. The third kappa shape index (κ3) is 3.88. The van der Waals surface area contributed by atoms with Crippen LogP contribution in [0.4, 0.5) is 5.95 Å². The molecular formula is C19H22N4O3. The van der Waals surface area contributed by atoms with E-state index in [0.717, 1.165) is 6.54 Å². The van der Waals surface area contributed by atoms with Gasteiger partial charge in [0.15, 0.2) is 0 Å². The van der Waals surface area contributed by atoms with Crippen molar-refractivity contribution in [3.63, 3.8) is 0 Å². The molecule has 0 amide bonds. The lowest BCUT2D eigenvalue weighted by atomic mass is 10.2. The van der Waals surface area contributed by atoms with Crippen LogP contribution in [0.5, 0.6) is 0 Å². The lowest BCUT2D eigenvalue weighted by molar-refractivity contribution is 0.0374. The monoisotopic (exact) mass is 354 g/mol. The molecule has 2 heterocycles. The Morgan fingerprint density at radius 1 is 1.31 bits per heavy atom. The predicted molar refractivity (Wildman–Crippen MR) is 99.0 cm³/mol. The summed E-state index contributed by atoms with van der Waals surface area (Å²) in [5.74, 6) is -0.342. The number of carbonyl (C=O) groups is 1. The molecule has 0 saturated carbocycles. The normalized spacial score (nSPS) is 15.5. The Hall–Kier alpha value is -2.80. The standard InChI is InChI=1S/C19H22N4O3/c1-13(2)26-18(25)16-10-21-19-20-9-15(23(19)17(16)24)12-22(3)11-14-7-5-4-6-8-14/h4-10,13,15H,11-12H2,1-3H3. The summed E-state index contributed by atoms with van der Waals surface area (Å²) in [6.07, 6.45) is 2.64. The molecule has 1 unspecified atom stereocenters. The molecule has 1 aliphatic rings. The van der Waals surface area contributed by atoms with Crippen molar-refractivity contribution in [2.24, 2.45) is 4.99 Å². The van der Waals surface area contributed by atoms with Gasteiger partial charge in [-0.15, -0.1) is 0 Å². The number of carbonyl (C=O) groups excluding carboxylic acids is 1. The summed E-state index contributed by atoms with van der Waals surface area (Å²) in [6, 6.07) is 9.81. The van der Waals surface area contributed by atoms with Gasteiger partial charge in [-0.3, -0.25) is 14.3 Å². The average molecular weight is 354 g/mol. The zero-order valence-corrected chi connectivity index (χ0v) is 15.1. The van der Waals surface area contributed by atoms with E-state index in [1.54, 1.807) is 20.1 Å². The minimum Gasteiger partial charge on any atom is -0.459 e. The quantitative estimate of drug-likeness (QED) is 0.743. The van der Waals surface area contributed by atoms with E-state index >= 15 is 0 Å². The maximum Gasteiger partial charge on any atom is 0.345 e. The van der Waals surface area contributed by atoms with Crippen LogP contribution in [0.15, 0.2) is 46.3 Å². The van der Waals surface area contributed by atoms with Crippen LogP contribution in [0, 0.1) is 0 Å². The molecule has 0 bridgehead atoms. The number of esters is 1. The van der Waals surface area contributed by atoms with E-state index in [0.29, 0.717) is 12.5 Å². The first-order chi connectivity index (χ1) is 12.5. The summed E-state index contributed by atoms with van der Waals surface area (Å²) in [5, 5.41) is 0. The van der Waals surface area contributed by atoms with Crippen molar-refractivity contribution in [1.82, 2.24) is 14.5 Å². The van der Waals surface area contributed by atoms with E-state index in [1.807, 2.05) is 25.2 Å². The van der Waals surface area contributed by atoms with Crippen molar-refractivity contribution in [1.29, 1.82) is 0 Å². The summed E-state index contributed by atoms with van der Waals surface area (Å²) in [7, 11) is 1.98. The Bertz CT molecular complexity index is 874. The number of nitrogens with zero attached hydrogens (tertiary/aromatic N) is 4. The van der Waals surface area contributed by atoms with Crippen LogP contribution in [0.25, 0.3) is 0 Å². The fraction of sp³-hybridized carbons (Fsp3) is 0.368. The minimum atomic E-state index is -0.656. The van der Waals surface area contributed by atoms with Crippen molar-refractivity contribution in [3.05, 3.63) is 58.0 Å². The summed E-state index contributed by atoms with van der Waals surface area (Å²) >= 11 is 0. The Balaban J connectivity index is 1.78. The highest BCUT2D eigenvalue weighted by atomic mass is 16.5. The zero-order valence-electron chi connectivity index (χ0n) is 15.1. The number of hydrogen-bond acceptors (Lipinski definition) is 6.